The first-order valence-electron chi connectivity index (χ1n) is 9.41. The van der Waals surface area contributed by atoms with Gasteiger partial charge in [0, 0.05) is 43.3 Å². The van der Waals surface area contributed by atoms with Crippen LogP contribution >= 0.6 is 11.6 Å². The second kappa shape index (κ2) is 9.80. The van der Waals surface area contributed by atoms with Crippen molar-refractivity contribution in [3.05, 3.63) is 48.1 Å². The largest absolute Gasteiger partial charge is 0.522 e. The summed E-state index contributed by atoms with van der Waals surface area (Å²) in [5.74, 6) is -0.918. The maximum Gasteiger partial charge on any atom is 0.522 e. The van der Waals surface area contributed by atoms with Gasteiger partial charge >= 0.3 is 6.36 Å². The number of carbonyl (C=O) groups is 1. The highest BCUT2D eigenvalue weighted by Crippen LogP contribution is 2.32. The molecule has 6 nitrogen and oxygen atoms in total. The highest BCUT2D eigenvalue weighted by Gasteiger charge is 2.40. The van der Waals surface area contributed by atoms with E-state index in [9.17, 15) is 22.4 Å². The summed E-state index contributed by atoms with van der Waals surface area (Å²) in [6, 6.07) is 4.39. The van der Waals surface area contributed by atoms with Crippen LogP contribution in [0, 0.1) is 5.82 Å². The van der Waals surface area contributed by atoms with Crippen LogP contribution in [0.4, 0.5) is 17.6 Å². The zero-order chi connectivity index (χ0) is 22.6. The minimum absolute atomic E-state index is 0.0269. The molecule has 0 radical (unpaired) electrons. The van der Waals surface area contributed by atoms with Gasteiger partial charge in [-0.25, -0.2) is 9.37 Å². The van der Waals surface area contributed by atoms with Crippen molar-refractivity contribution in [2.24, 2.45) is 0 Å². The summed E-state index contributed by atoms with van der Waals surface area (Å²) < 4.78 is 60.6. The molecule has 3 rings (SSSR count). The first kappa shape index (κ1) is 23.2. The highest BCUT2D eigenvalue weighted by atomic mass is 35.5. The quantitative estimate of drug-likeness (QED) is 0.562. The Morgan fingerprint density at radius 3 is 2.74 bits per heavy atom. The molecule has 168 valence electrons. The monoisotopic (exact) mass is 461 g/mol. The van der Waals surface area contributed by atoms with Crippen molar-refractivity contribution >= 4 is 23.2 Å². The Morgan fingerprint density at radius 1 is 1.32 bits per heavy atom. The number of ether oxygens (including phenoxy) is 2. The van der Waals surface area contributed by atoms with Crippen LogP contribution in [0.25, 0.3) is 17.0 Å². The number of imidazole rings is 1. The normalized spacial score (nSPS) is 18.5. The first-order valence-corrected chi connectivity index (χ1v) is 9.79. The molecule has 1 aliphatic rings. The number of aromatic nitrogens is 2. The van der Waals surface area contributed by atoms with E-state index in [2.05, 4.69) is 21.6 Å². The fourth-order valence-electron chi connectivity index (χ4n) is 2.96. The van der Waals surface area contributed by atoms with Crippen LogP contribution in [0.15, 0.2) is 37.3 Å². The van der Waals surface area contributed by atoms with Crippen LogP contribution in [0.2, 0.25) is 5.02 Å². The summed E-state index contributed by atoms with van der Waals surface area (Å²) in [5.41, 5.74) is 1.76. The van der Waals surface area contributed by atoms with Crippen molar-refractivity contribution in [2.45, 2.75) is 37.8 Å². The zero-order valence-corrected chi connectivity index (χ0v) is 17.0. The highest BCUT2D eigenvalue weighted by molar-refractivity contribution is 6.30. The Balaban J connectivity index is 1.35. The van der Waals surface area contributed by atoms with E-state index in [1.807, 2.05) is 0 Å². The third-order valence-electron chi connectivity index (χ3n) is 4.70. The van der Waals surface area contributed by atoms with Gasteiger partial charge in [0.1, 0.15) is 12.4 Å². The molecule has 0 atom stereocenters. The molecule has 1 aromatic carbocycles. The SMILES string of the molecule is C=C(CCNC(=O)COC1CC(OC(F)(F)F)C1)n1cnc(-c2ccc(Cl)c(F)c2)c1. The predicted molar refractivity (Wildman–Crippen MR) is 105 cm³/mol. The molecule has 0 bridgehead atoms. The number of amides is 1. The minimum Gasteiger partial charge on any atom is -0.368 e. The molecule has 1 aromatic heterocycles. The van der Waals surface area contributed by atoms with Gasteiger partial charge in [0.2, 0.25) is 5.91 Å². The second-order valence-corrected chi connectivity index (χ2v) is 7.46. The molecule has 2 aromatic rings. The molecule has 1 aliphatic carbocycles. The number of rotatable bonds is 9. The molecule has 1 fully saturated rings. The summed E-state index contributed by atoms with van der Waals surface area (Å²) in [6.45, 7) is 3.98. The third kappa shape index (κ3) is 6.78. The van der Waals surface area contributed by atoms with Crippen molar-refractivity contribution in [2.75, 3.05) is 13.2 Å². The van der Waals surface area contributed by atoms with Crippen LogP contribution in [0.1, 0.15) is 19.3 Å². The number of hydrogen-bond donors (Lipinski definition) is 1. The Morgan fingerprint density at radius 2 is 2.06 bits per heavy atom. The van der Waals surface area contributed by atoms with Gasteiger partial charge in [0.25, 0.3) is 0 Å². The lowest BCUT2D eigenvalue weighted by molar-refractivity contribution is -0.357. The van der Waals surface area contributed by atoms with Gasteiger partial charge < -0.3 is 14.6 Å². The third-order valence-corrected chi connectivity index (χ3v) is 5.01. The maximum atomic E-state index is 13.6. The summed E-state index contributed by atoms with van der Waals surface area (Å²) >= 11 is 5.68. The Kier molecular flexibility index (Phi) is 7.34. The molecule has 1 heterocycles. The fourth-order valence-corrected chi connectivity index (χ4v) is 3.08. The molecular formula is C20H20ClF4N3O3. The van der Waals surface area contributed by atoms with Crippen molar-refractivity contribution in [1.29, 1.82) is 0 Å². The molecule has 0 saturated heterocycles. The van der Waals surface area contributed by atoms with Gasteiger partial charge in [-0.15, -0.1) is 13.2 Å². The molecule has 1 saturated carbocycles. The summed E-state index contributed by atoms with van der Waals surface area (Å²) in [5, 5.41) is 2.68. The lowest BCUT2D eigenvalue weighted by Gasteiger charge is -2.34. The fraction of sp³-hybridized carbons (Fsp3) is 0.400. The number of carbonyl (C=O) groups excluding carboxylic acids is 1. The Bertz CT molecular complexity index is 942. The lowest BCUT2D eigenvalue weighted by atomic mass is 9.92. The molecule has 0 spiro atoms. The Labute approximate surface area is 180 Å². The molecule has 0 aliphatic heterocycles. The van der Waals surface area contributed by atoms with Gasteiger partial charge in [-0.3, -0.25) is 9.53 Å². The molecule has 1 N–H and O–H groups in total. The second-order valence-electron chi connectivity index (χ2n) is 7.05. The predicted octanol–water partition coefficient (Wildman–Crippen LogP) is 4.40. The number of nitrogens with one attached hydrogen (secondary N) is 1. The number of alkyl halides is 3. The summed E-state index contributed by atoms with van der Waals surface area (Å²) in [7, 11) is 0. The van der Waals surface area contributed by atoms with Gasteiger partial charge in [0.05, 0.1) is 29.3 Å². The summed E-state index contributed by atoms with van der Waals surface area (Å²) in [4.78, 5) is 16.0. The van der Waals surface area contributed by atoms with Crippen LogP contribution in [-0.2, 0) is 14.3 Å². The number of hydrogen-bond acceptors (Lipinski definition) is 4. The lowest BCUT2D eigenvalue weighted by Crippen LogP contribution is -2.42. The van der Waals surface area contributed by atoms with E-state index >= 15 is 0 Å². The van der Waals surface area contributed by atoms with Gasteiger partial charge in [-0.2, -0.15) is 0 Å². The molecule has 11 heteroatoms. The standard InChI is InChI=1S/C20H20ClF4N3O3/c1-12(28-9-18(27-11-28)13-2-3-16(21)17(22)6-13)4-5-26-19(29)10-30-14-7-15(8-14)31-20(23,24)25/h2-3,6,9,11,14-15H,1,4-5,7-8,10H2,(H,26,29). The number of benzene rings is 1. The van der Waals surface area contributed by atoms with Crippen molar-refractivity contribution in [3.63, 3.8) is 0 Å². The van der Waals surface area contributed by atoms with Crippen LogP contribution < -0.4 is 5.32 Å². The van der Waals surface area contributed by atoms with Gasteiger partial charge in [0.15, 0.2) is 0 Å². The van der Waals surface area contributed by atoms with Crippen LogP contribution in [-0.4, -0.2) is 47.2 Å². The molecule has 1 amide bonds. The van der Waals surface area contributed by atoms with Gasteiger partial charge in [-0.05, 0) is 12.1 Å². The molecular weight excluding hydrogens is 442 g/mol. The molecule has 31 heavy (non-hydrogen) atoms. The van der Waals surface area contributed by atoms with Crippen LogP contribution in [0.3, 0.4) is 0 Å². The zero-order valence-electron chi connectivity index (χ0n) is 16.3. The summed E-state index contributed by atoms with van der Waals surface area (Å²) in [6.07, 6.45) is -2.15. The number of nitrogens with zero attached hydrogens (tertiary/aromatic N) is 2. The maximum absolute atomic E-state index is 13.6. The minimum atomic E-state index is -4.66. The van der Waals surface area contributed by atoms with E-state index in [1.165, 1.54) is 18.5 Å². The van der Waals surface area contributed by atoms with E-state index in [1.54, 1.807) is 16.8 Å². The topological polar surface area (TPSA) is 65.4 Å². The first-order chi connectivity index (χ1) is 14.6. The van der Waals surface area contributed by atoms with E-state index in [0.717, 1.165) is 0 Å². The molecule has 0 unspecified atom stereocenters. The average Bonchev–Trinajstić information content (AvgIpc) is 3.15. The van der Waals surface area contributed by atoms with E-state index in [4.69, 9.17) is 16.3 Å². The Hall–Kier alpha value is -2.43. The van der Waals surface area contributed by atoms with Crippen molar-refractivity contribution < 1.29 is 31.8 Å². The van der Waals surface area contributed by atoms with Crippen LogP contribution in [0.5, 0.6) is 0 Å². The van der Waals surface area contributed by atoms with Crippen molar-refractivity contribution in [1.82, 2.24) is 14.9 Å². The van der Waals surface area contributed by atoms with E-state index in [0.29, 0.717) is 23.4 Å². The van der Waals surface area contributed by atoms with Crippen molar-refractivity contribution in [3.8, 4) is 11.3 Å². The average molecular weight is 462 g/mol. The van der Waals surface area contributed by atoms with E-state index < -0.39 is 24.4 Å². The van der Waals surface area contributed by atoms with Gasteiger partial charge in [-0.1, -0.05) is 24.2 Å². The smallest absolute Gasteiger partial charge is 0.368 e. The number of halogens is 5. The van der Waals surface area contributed by atoms with E-state index in [-0.39, 0.29) is 36.9 Å².